The number of nitrogens with zero attached hydrogens (tertiary/aromatic N) is 3. The number of carbonyl (C=O) groups excluding carboxylic acids is 1. The van der Waals surface area contributed by atoms with Gasteiger partial charge in [0.25, 0.3) is 5.56 Å². The van der Waals surface area contributed by atoms with Crippen LogP contribution in [0.1, 0.15) is 37.3 Å². The second-order valence-corrected chi connectivity index (χ2v) is 8.06. The van der Waals surface area contributed by atoms with Crippen molar-refractivity contribution in [3.8, 4) is 0 Å². The number of aromatic nitrogens is 2. The number of amides is 1. The highest BCUT2D eigenvalue weighted by molar-refractivity contribution is 5.81. The molecule has 1 aliphatic heterocycles. The average molecular weight is 405 g/mol. The van der Waals surface area contributed by atoms with E-state index in [1.165, 1.54) is 29.5 Å². The first-order valence-electron chi connectivity index (χ1n) is 10.6. The number of rotatable bonds is 6. The van der Waals surface area contributed by atoms with E-state index in [0.717, 1.165) is 24.0 Å². The predicted molar refractivity (Wildman–Crippen MR) is 118 cm³/mol. The molecule has 1 fully saturated rings. The summed E-state index contributed by atoms with van der Waals surface area (Å²) < 4.78 is 1.22. The number of fused-ring (bicyclic) bond motifs is 1. The van der Waals surface area contributed by atoms with Crippen LogP contribution in [-0.2, 0) is 24.4 Å². The van der Waals surface area contributed by atoms with Gasteiger partial charge in [-0.05, 0) is 43.5 Å². The zero-order valence-corrected chi connectivity index (χ0v) is 17.4. The zero-order valence-electron chi connectivity index (χ0n) is 17.4. The lowest BCUT2D eigenvalue weighted by molar-refractivity contribution is -0.122. The minimum absolute atomic E-state index is 0.0883. The van der Waals surface area contributed by atoms with Gasteiger partial charge in [0.05, 0.1) is 11.6 Å². The molecule has 0 spiro atoms. The summed E-state index contributed by atoms with van der Waals surface area (Å²) in [5.41, 5.74) is 2.11. The van der Waals surface area contributed by atoms with E-state index in [1.54, 1.807) is 12.3 Å². The molecule has 0 saturated carbocycles. The Morgan fingerprint density at radius 1 is 1.10 bits per heavy atom. The normalized spacial score (nSPS) is 17.2. The number of likely N-dealkylation sites (tertiary alicyclic amines) is 1. The van der Waals surface area contributed by atoms with Gasteiger partial charge in [-0.1, -0.05) is 48.9 Å². The van der Waals surface area contributed by atoms with Crippen LogP contribution in [0.4, 0.5) is 0 Å². The van der Waals surface area contributed by atoms with Crippen LogP contribution in [0.2, 0.25) is 0 Å². The predicted octanol–water partition coefficient (Wildman–Crippen LogP) is 3.09. The zero-order chi connectivity index (χ0) is 20.9. The Kier molecular flexibility index (Phi) is 6.23. The maximum atomic E-state index is 12.6. The van der Waals surface area contributed by atoms with Crippen molar-refractivity contribution < 1.29 is 4.79 Å². The second-order valence-electron chi connectivity index (χ2n) is 8.06. The van der Waals surface area contributed by atoms with Crippen molar-refractivity contribution in [2.24, 2.45) is 0 Å². The van der Waals surface area contributed by atoms with Gasteiger partial charge in [-0.25, -0.2) is 4.68 Å². The van der Waals surface area contributed by atoms with Gasteiger partial charge in [0, 0.05) is 24.5 Å². The van der Waals surface area contributed by atoms with E-state index < -0.39 is 0 Å². The summed E-state index contributed by atoms with van der Waals surface area (Å²) in [6, 6.07) is 16.1. The summed E-state index contributed by atoms with van der Waals surface area (Å²) in [6.07, 6.45) is 5.42. The molecule has 3 aromatic rings. The minimum Gasteiger partial charge on any atom is -0.350 e. The van der Waals surface area contributed by atoms with Crippen LogP contribution >= 0.6 is 0 Å². The van der Waals surface area contributed by atoms with Gasteiger partial charge in [0.15, 0.2) is 0 Å². The number of benzene rings is 2. The monoisotopic (exact) mass is 404 g/mol. The number of hydrogen-bond donors (Lipinski definition) is 1. The van der Waals surface area contributed by atoms with Crippen molar-refractivity contribution >= 4 is 16.7 Å². The van der Waals surface area contributed by atoms with E-state index in [2.05, 4.69) is 34.4 Å². The third-order valence-electron chi connectivity index (χ3n) is 5.96. The molecule has 1 aliphatic rings. The Labute approximate surface area is 176 Å². The Morgan fingerprint density at radius 2 is 1.87 bits per heavy atom. The molecule has 6 heteroatoms. The second kappa shape index (κ2) is 9.22. The summed E-state index contributed by atoms with van der Waals surface area (Å²) in [5, 5.41) is 8.44. The first kappa shape index (κ1) is 20.3. The molecule has 1 saturated heterocycles. The van der Waals surface area contributed by atoms with E-state index in [0.29, 0.717) is 18.0 Å². The molecule has 2 aromatic carbocycles. The molecule has 6 nitrogen and oxygen atoms in total. The van der Waals surface area contributed by atoms with E-state index in [1.807, 2.05) is 30.3 Å². The molecule has 1 N–H and O–H groups in total. The SMILES string of the molecule is CC1CCCCN1Cc1ccccc1CNC(=O)Cn1ncc2ccccc2c1=O. The van der Waals surface area contributed by atoms with Gasteiger partial charge in [-0.3, -0.25) is 14.5 Å². The van der Waals surface area contributed by atoms with E-state index in [9.17, 15) is 9.59 Å². The number of hydrogen-bond acceptors (Lipinski definition) is 4. The van der Waals surface area contributed by atoms with Crippen LogP contribution < -0.4 is 10.9 Å². The molecular formula is C24H28N4O2. The van der Waals surface area contributed by atoms with Crippen LogP contribution in [0.15, 0.2) is 59.5 Å². The smallest absolute Gasteiger partial charge is 0.275 e. The van der Waals surface area contributed by atoms with Crippen LogP contribution in [0, 0.1) is 0 Å². The van der Waals surface area contributed by atoms with Gasteiger partial charge < -0.3 is 5.32 Å². The molecule has 4 rings (SSSR count). The third-order valence-corrected chi connectivity index (χ3v) is 5.96. The molecule has 0 aliphatic carbocycles. The molecule has 2 heterocycles. The highest BCUT2D eigenvalue weighted by atomic mass is 16.2. The fourth-order valence-electron chi connectivity index (χ4n) is 4.12. The molecular weight excluding hydrogens is 376 g/mol. The van der Waals surface area contributed by atoms with Crippen LogP contribution in [0.3, 0.4) is 0 Å². The van der Waals surface area contributed by atoms with Gasteiger partial charge in [-0.15, -0.1) is 0 Å². The Balaban J connectivity index is 1.41. The molecule has 0 bridgehead atoms. The van der Waals surface area contributed by atoms with Crippen molar-refractivity contribution in [3.63, 3.8) is 0 Å². The maximum absolute atomic E-state index is 12.6. The summed E-state index contributed by atoms with van der Waals surface area (Å²) in [6.45, 7) is 4.67. The first-order valence-corrected chi connectivity index (χ1v) is 10.6. The first-order chi connectivity index (χ1) is 14.6. The van der Waals surface area contributed by atoms with Crippen molar-refractivity contribution in [1.29, 1.82) is 0 Å². The topological polar surface area (TPSA) is 67.2 Å². The average Bonchev–Trinajstić information content (AvgIpc) is 2.77. The molecule has 30 heavy (non-hydrogen) atoms. The largest absolute Gasteiger partial charge is 0.350 e. The molecule has 1 atom stereocenters. The van der Waals surface area contributed by atoms with Crippen molar-refractivity contribution in [2.45, 2.75) is 51.9 Å². The lowest BCUT2D eigenvalue weighted by Gasteiger charge is -2.33. The Morgan fingerprint density at radius 3 is 2.70 bits per heavy atom. The minimum atomic E-state index is -0.247. The van der Waals surface area contributed by atoms with Crippen LogP contribution in [0.5, 0.6) is 0 Å². The van der Waals surface area contributed by atoms with Crippen LogP contribution in [-0.4, -0.2) is 33.2 Å². The third kappa shape index (κ3) is 4.60. The number of piperidine rings is 1. The molecule has 1 aromatic heterocycles. The van der Waals surface area contributed by atoms with Gasteiger partial charge in [0.1, 0.15) is 6.54 Å². The fourth-order valence-corrected chi connectivity index (χ4v) is 4.12. The number of carbonyl (C=O) groups is 1. The van der Waals surface area contributed by atoms with Gasteiger partial charge >= 0.3 is 0 Å². The standard InChI is InChI=1S/C24H28N4O2/c1-18-8-6-7-13-27(18)16-21-11-3-2-9-19(21)14-25-23(29)17-28-24(30)22-12-5-4-10-20(22)15-26-28/h2-5,9-12,15,18H,6-8,13-14,16-17H2,1H3,(H,25,29). The van der Waals surface area contributed by atoms with Gasteiger partial charge in [0.2, 0.25) is 5.91 Å². The highest BCUT2D eigenvalue weighted by Crippen LogP contribution is 2.20. The highest BCUT2D eigenvalue weighted by Gasteiger charge is 2.19. The number of nitrogens with one attached hydrogen (secondary N) is 1. The molecule has 156 valence electrons. The Bertz CT molecular complexity index is 1090. The van der Waals surface area contributed by atoms with E-state index in [4.69, 9.17) is 0 Å². The van der Waals surface area contributed by atoms with Crippen molar-refractivity contribution in [2.75, 3.05) is 6.54 Å². The molecule has 1 unspecified atom stereocenters. The lowest BCUT2D eigenvalue weighted by Crippen LogP contribution is -2.37. The van der Waals surface area contributed by atoms with Crippen molar-refractivity contribution in [1.82, 2.24) is 20.0 Å². The maximum Gasteiger partial charge on any atom is 0.275 e. The molecule has 0 radical (unpaired) electrons. The summed E-state index contributed by atoms with van der Waals surface area (Å²) >= 11 is 0. The molecule has 1 amide bonds. The fraction of sp³-hybridized carbons (Fsp3) is 0.375. The van der Waals surface area contributed by atoms with Crippen molar-refractivity contribution in [3.05, 3.63) is 76.2 Å². The van der Waals surface area contributed by atoms with E-state index in [-0.39, 0.29) is 18.0 Å². The summed E-state index contributed by atoms with van der Waals surface area (Å²) in [7, 11) is 0. The summed E-state index contributed by atoms with van der Waals surface area (Å²) in [4.78, 5) is 27.6. The van der Waals surface area contributed by atoms with E-state index >= 15 is 0 Å². The van der Waals surface area contributed by atoms with Crippen LogP contribution in [0.25, 0.3) is 10.8 Å². The quantitative estimate of drug-likeness (QED) is 0.686. The summed E-state index contributed by atoms with van der Waals surface area (Å²) in [5.74, 6) is -0.221. The lowest BCUT2D eigenvalue weighted by atomic mass is 10.0. The Hall–Kier alpha value is -2.99. The van der Waals surface area contributed by atoms with Gasteiger partial charge in [-0.2, -0.15) is 5.10 Å².